The van der Waals surface area contributed by atoms with E-state index in [1.165, 1.54) is 22.0 Å². The number of piperazine rings is 1. The van der Waals surface area contributed by atoms with Gasteiger partial charge in [0, 0.05) is 65.0 Å². The summed E-state index contributed by atoms with van der Waals surface area (Å²) in [6.45, 7) is 12.4. The second kappa shape index (κ2) is 14.8. The van der Waals surface area contributed by atoms with Crippen molar-refractivity contribution >= 4 is 22.0 Å². The molecule has 1 radical (unpaired) electrons. The van der Waals surface area contributed by atoms with Crippen LogP contribution in [0.2, 0.25) is 0 Å². The number of allylic oxidation sites excluding steroid dienone is 6. The molecule has 4 nitrogen and oxygen atoms in total. The van der Waals surface area contributed by atoms with Gasteiger partial charge in [0.15, 0.2) is 0 Å². The first kappa shape index (κ1) is 30.3. The van der Waals surface area contributed by atoms with Crippen LogP contribution in [-0.4, -0.2) is 42.7 Å². The van der Waals surface area contributed by atoms with Gasteiger partial charge in [0.2, 0.25) is 0 Å². The van der Waals surface area contributed by atoms with Crippen LogP contribution in [0.1, 0.15) is 39.8 Å². The first-order valence-corrected chi connectivity index (χ1v) is 13.0. The average molecular weight is 666 g/mol. The Morgan fingerprint density at radius 3 is 2.30 bits per heavy atom. The summed E-state index contributed by atoms with van der Waals surface area (Å²) in [5.41, 5.74) is 6.05. The van der Waals surface area contributed by atoms with E-state index in [2.05, 4.69) is 89.1 Å². The minimum atomic E-state index is 0. The zero-order valence-corrected chi connectivity index (χ0v) is 25.8. The van der Waals surface area contributed by atoms with Crippen molar-refractivity contribution in [3.8, 4) is 17.3 Å². The monoisotopic (exact) mass is 666 g/mol. The Balaban J connectivity index is 0.00000157. The molecule has 1 aliphatic rings. The van der Waals surface area contributed by atoms with E-state index < -0.39 is 0 Å². The Bertz CT molecular complexity index is 1300. The third-order valence-corrected chi connectivity index (χ3v) is 6.55. The molecule has 3 aromatic rings. The van der Waals surface area contributed by atoms with Crippen LogP contribution in [-0.2, 0) is 27.5 Å². The maximum Gasteiger partial charge on any atom is 0.0473 e. The molecule has 1 fully saturated rings. The van der Waals surface area contributed by atoms with Crippen LogP contribution < -0.4 is 4.90 Å². The second-order valence-corrected chi connectivity index (χ2v) is 8.86. The largest absolute Gasteiger partial charge is 0.369 e. The van der Waals surface area contributed by atoms with E-state index in [4.69, 9.17) is 0 Å². The van der Waals surface area contributed by atoms with Crippen LogP contribution >= 0.6 is 0 Å². The summed E-state index contributed by atoms with van der Waals surface area (Å²) in [4.78, 5) is 4.86. The molecule has 195 valence electrons. The number of anilines is 1. The van der Waals surface area contributed by atoms with Crippen molar-refractivity contribution in [2.24, 2.45) is 7.05 Å². The van der Waals surface area contributed by atoms with Crippen LogP contribution in [0, 0.1) is 17.4 Å². The summed E-state index contributed by atoms with van der Waals surface area (Å²) < 4.78 is 2.17. The molecule has 0 N–H and O–H groups in total. The summed E-state index contributed by atoms with van der Waals surface area (Å²) in [6, 6.07) is 20.0. The van der Waals surface area contributed by atoms with Crippen LogP contribution in [0.25, 0.3) is 27.6 Å². The fourth-order valence-corrected chi connectivity index (χ4v) is 4.56. The number of likely N-dealkylation sites (N-methyl/N-ethyl adjacent to an activating group) is 1. The molecule has 1 aliphatic heterocycles. The molecule has 37 heavy (non-hydrogen) atoms. The van der Waals surface area contributed by atoms with Crippen molar-refractivity contribution in [1.82, 2.24) is 9.47 Å². The molecule has 0 saturated carbocycles. The number of aromatic nitrogens is 1. The molecule has 0 aliphatic carbocycles. The molecule has 4 rings (SSSR count). The standard InChI is InChI=1S/C30H33N4.C2H6.Re/c1-5-7-9-26(22-31)28(8-6-2)30-15-14-29(33(30)4)25-11-10-24-21-27(13-12-23(24)20-25)34-18-16-32(3)17-19-34;1-2;/h6-8,10-15,20-21H,5,16-19H2,1-4H3;1-2H3;/q-1;;/b8-6-,28-26-;;. The summed E-state index contributed by atoms with van der Waals surface area (Å²) in [5.74, 6) is 0. The van der Waals surface area contributed by atoms with Crippen molar-refractivity contribution < 1.29 is 20.4 Å². The number of nitriles is 1. The molecule has 2 heterocycles. The number of fused-ring (bicyclic) bond motifs is 1. The Kier molecular flexibility index (Phi) is 12.1. The molecule has 0 atom stereocenters. The zero-order chi connectivity index (χ0) is 26.1. The number of nitrogens with zero attached hydrogens (tertiary/aromatic N) is 4. The van der Waals surface area contributed by atoms with Gasteiger partial charge in [0.05, 0.1) is 0 Å². The van der Waals surface area contributed by atoms with Crippen molar-refractivity contribution in [3.63, 3.8) is 0 Å². The van der Waals surface area contributed by atoms with E-state index in [0.29, 0.717) is 5.57 Å². The summed E-state index contributed by atoms with van der Waals surface area (Å²) >= 11 is 0. The van der Waals surface area contributed by atoms with E-state index in [9.17, 15) is 5.26 Å². The third-order valence-electron chi connectivity index (χ3n) is 6.55. The maximum atomic E-state index is 9.73. The quantitative estimate of drug-likeness (QED) is 0.158. The smallest absolute Gasteiger partial charge is 0.0473 e. The normalized spacial score (nSPS) is 14.8. The van der Waals surface area contributed by atoms with Crippen LogP contribution in [0.4, 0.5) is 5.69 Å². The molecule has 1 saturated heterocycles. The molecule has 0 bridgehead atoms. The van der Waals surface area contributed by atoms with E-state index in [1.807, 2.05) is 45.9 Å². The van der Waals surface area contributed by atoms with Crippen LogP contribution in [0.15, 0.2) is 72.3 Å². The fraction of sp³-hybridized carbons (Fsp3) is 0.344. The van der Waals surface area contributed by atoms with Gasteiger partial charge in [-0.3, -0.25) is 5.26 Å². The molecule has 5 heteroatoms. The van der Waals surface area contributed by atoms with Crippen molar-refractivity contribution in [2.45, 2.75) is 34.1 Å². The molecular weight excluding hydrogens is 627 g/mol. The maximum absolute atomic E-state index is 9.73. The summed E-state index contributed by atoms with van der Waals surface area (Å²) in [5, 5.41) is 12.2. The molecule has 1 aromatic heterocycles. The van der Waals surface area contributed by atoms with Crippen molar-refractivity contribution in [3.05, 3.63) is 84.1 Å². The predicted octanol–water partition coefficient (Wildman–Crippen LogP) is 7.24. The second-order valence-electron chi connectivity index (χ2n) is 8.86. The van der Waals surface area contributed by atoms with Crippen LogP contribution in [0.3, 0.4) is 0 Å². The van der Waals surface area contributed by atoms with Gasteiger partial charge < -0.3 is 14.4 Å². The molecular formula is C32H39N4Re-. The predicted molar refractivity (Wildman–Crippen MR) is 155 cm³/mol. The van der Waals surface area contributed by atoms with Gasteiger partial charge >= 0.3 is 0 Å². The SMILES string of the molecule is C/C=C\C(=C(\C#N)[C-]=CCC)c1ccc(-c2ccc3cc(N4CCN(C)CC4)ccc3c2)n1C.CC.[Re]. The van der Waals surface area contributed by atoms with Gasteiger partial charge in [-0.2, -0.15) is 6.08 Å². The third kappa shape index (κ3) is 7.12. The summed E-state index contributed by atoms with van der Waals surface area (Å²) in [6.07, 6.45) is 9.88. The van der Waals surface area contributed by atoms with E-state index >= 15 is 0 Å². The Hall–Kier alpha value is -2.89. The van der Waals surface area contributed by atoms with E-state index in [1.54, 1.807) is 0 Å². The van der Waals surface area contributed by atoms with Gasteiger partial charge in [-0.1, -0.05) is 56.7 Å². The molecule has 0 spiro atoms. The van der Waals surface area contributed by atoms with E-state index in [-0.39, 0.29) is 20.4 Å². The number of hydrogen-bond acceptors (Lipinski definition) is 3. The average Bonchev–Trinajstić information content (AvgIpc) is 3.30. The minimum absolute atomic E-state index is 0. The Morgan fingerprint density at radius 1 is 0.973 bits per heavy atom. The first-order valence-electron chi connectivity index (χ1n) is 13.0. The summed E-state index contributed by atoms with van der Waals surface area (Å²) in [7, 11) is 4.25. The number of hydrogen-bond donors (Lipinski definition) is 0. The van der Waals surface area contributed by atoms with Gasteiger partial charge in [0.1, 0.15) is 0 Å². The topological polar surface area (TPSA) is 35.2 Å². The van der Waals surface area contributed by atoms with Gasteiger partial charge in [0.25, 0.3) is 0 Å². The number of benzene rings is 2. The van der Waals surface area contributed by atoms with Gasteiger partial charge in [-0.25, -0.2) is 0 Å². The Morgan fingerprint density at radius 2 is 1.65 bits per heavy atom. The van der Waals surface area contributed by atoms with Gasteiger partial charge in [-0.05, 0) is 72.8 Å². The van der Waals surface area contributed by atoms with Crippen molar-refractivity contribution in [1.29, 1.82) is 5.26 Å². The molecule has 0 amide bonds. The minimum Gasteiger partial charge on any atom is -0.369 e. The fourth-order valence-electron chi connectivity index (χ4n) is 4.56. The van der Waals surface area contributed by atoms with Gasteiger partial charge in [-0.15, -0.1) is 17.7 Å². The Labute approximate surface area is 237 Å². The molecule has 2 aromatic carbocycles. The van der Waals surface area contributed by atoms with E-state index in [0.717, 1.165) is 49.6 Å². The van der Waals surface area contributed by atoms with Crippen molar-refractivity contribution in [2.75, 3.05) is 38.1 Å². The van der Waals surface area contributed by atoms with Crippen LogP contribution in [0.5, 0.6) is 0 Å². The number of rotatable bonds is 6. The first-order chi connectivity index (χ1) is 17.5. The zero-order valence-electron chi connectivity index (χ0n) is 23.1. The molecule has 0 unspecified atom stereocenters.